The molecule has 2 aromatic heterocycles. The lowest BCUT2D eigenvalue weighted by atomic mass is 10.2. The zero-order valence-electron chi connectivity index (χ0n) is 16.9. The van der Waals surface area contributed by atoms with Crippen molar-refractivity contribution >= 4 is 17.3 Å². The Bertz CT molecular complexity index is 1280. The predicted octanol–water partition coefficient (Wildman–Crippen LogP) is 4.80. The van der Waals surface area contributed by atoms with E-state index in [4.69, 9.17) is 4.74 Å². The summed E-state index contributed by atoms with van der Waals surface area (Å²) in [4.78, 5) is 35.7. The van der Waals surface area contributed by atoms with E-state index in [1.807, 2.05) is 19.1 Å². The lowest BCUT2D eigenvalue weighted by Gasteiger charge is -2.09. The summed E-state index contributed by atoms with van der Waals surface area (Å²) in [5.41, 5.74) is 2.09. The number of benzene rings is 2. The molecule has 0 spiro atoms. The zero-order chi connectivity index (χ0) is 22.5. The second kappa shape index (κ2) is 9.00. The van der Waals surface area contributed by atoms with Gasteiger partial charge in [0.25, 0.3) is 11.6 Å². The summed E-state index contributed by atoms with van der Waals surface area (Å²) in [7, 11) is 0. The van der Waals surface area contributed by atoms with Gasteiger partial charge in [-0.25, -0.2) is 4.98 Å². The number of hydrogen-bond acceptors (Lipinski definition) is 7. The van der Waals surface area contributed by atoms with E-state index >= 15 is 0 Å². The summed E-state index contributed by atoms with van der Waals surface area (Å²) in [6.45, 7) is 1.85. The van der Waals surface area contributed by atoms with E-state index in [2.05, 4.69) is 20.3 Å². The molecule has 0 fully saturated rings. The van der Waals surface area contributed by atoms with Crippen molar-refractivity contribution in [2.75, 3.05) is 5.32 Å². The van der Waals surface area contributed by atoms with Crippen molar-refractivity contribution in [3.8, 4) is 23.0 Å². The Morgan fingerprint density at radius 3 is 2.56 bits per heavy atom. The second-order valence-electron chi connectivity index (χ2n) is 6.80. The minimum atomic E-state index is -0.544. The quantitative estimate of drug-likeness (QED) is 0.347. The largest absolute Gasteiger partial charge is 0.439 e. The van der Waals surface area contributed by atoms with Crippen LogP contribution >= 0.6 is 0 Å². The molecule has 0 unspecified atom stereocenters. The Balaban J connectivity index is 1.46. The number of pyridine rings is 1. The Labute approximate surface area is 182 Å². The number of non-ortho nitro benzene ring substituents is 1. The fourth-order valence-corrected chi connectivity index (χ4v) is 2.91. The van der Waals surface area contributed by atoms with E-state index in [9.17, 15) is 14.9 Å². The van der Waals surface area contributed by atoms with Crippen LogP contribution in [-0.2, 0) is 0 Å². The van der Waals surface area contributed by atoms with Crippen molar-refractivity contribution in [1.82, 2.24) is 15.0 Å². The molecule has 0 aliphatic carbocycles. The Kier molecular flexibility index (Phi) is 5.80. The first-order valence-corrected chi connectivity index (χ1v) is 9.58. The van der Waals surface area contributed by atoms with E-state index in [1.165, 1.54) is 24.3 Å². The SMILES string of the molecule is Cc1cc(Oc2ccc(NC(=O)c3cccc([N+](=O)[O-])c3)cc2)nc(-c2cccnc2)n1. The number of amides is 1. The molecule has 0 bridgehead atoms. The number of rotatable bonds is 6. The summed E-state index contributed by atoms with van der Waals surface area (Å²) in [5.74, 6) is 0.960. The maximum atomic E-state index is 12.4. The number of carbonyl (C=O) groups excluding carboxylic acids is 1. The van der Waals surface area contributed by atoms with Crippen molar-refractivity contribution in [3.05, 3.63) is 100 Å². The average Bonchev–Trinajstić information content (AvgIpc) is 2.80. The Morgan fingerprint density at radius 1 is 1.03 bits per heavy atom. The second-order valence-corrected chi connectivity index (χ2v) is 6.80. The average molecular weight is 427 g/mol. The van der Waals surface area contributed by atoms with Crippen LogP contribution in [0, 0.1) is 17.0 Å². The summed E-state index contributed by atoms with van der Waals surface area (Å²) in [6.07, 6.45) is 3.35. The highest BCUT2D eigenvalue weighted by atomic mass is 16.6. The Morgan fingerprint density at radius 2 is 1.84 bits per heavy atom. The van der Waals surface area contributed by atoms with Crippen molar-refractivity contribution in [3.63, 3.8) is 0 Å². The maximum Gasteiger partial charge on any atom is 0.270 e. The first-order chi connectivity index (χ1) is 15.5. The molecule has 0 radical (unpaired) electrons. The van der Waals surface area contributed by atoms with E-state index in [1.54, 1.807) is 42.7 Å². The molecule has 2 heterocycles. The van der Waals surface area contributed by atoms with Crippen LogP contribution in [0.4, 0.5) is 11.4 Å². The minimum Gasteiger partial charge on any atom is -0.439 e. The lowest BCUT2D eigenvalue weighted by Crippen LogP contribution is -2.11. The lowest BCUT2D eigenvalue weighted by molar-refractivity contribution is -0.384. The number of aromatic nitrogens is 3. The fraction of sp³-hybridized carbons (Fsp3) is 0.0435. The van der Waals surface area contributed by atoms with Gasteiger partial charge >= 0.3 is 0 Å². The molecule has 0 saturated carbocycles. The van der Waals surface area contributed by atoms with Gasteiger partial charge in [0.05, 0.1) is 4.92 Å². The maximum absolute atomic E-state index is 12.4. The third-order valence-electron chi connectivity index (χ3n) is 4.40. The van der Waals surface area contributed by atoms with Gasteiger partial charge in [-0.15, -0.1) is 0 Å². The highest BCUT2D eigenvalue weighted by molar-refractivity contribution is 6.04. The van der Waals surface area contributed by atoms with Crippen molar-refractivity contribution in [2.45, 2.75) is 6.92 Å². The molecule has 4 rings (SSSR count). The third kappa shape index (κ3) is 4.90. The van der Waals surface area contributed by atoms with E-state index in [0.29, 0.717) is 23.1 Å². The van der Waals surface area contributed by atoms with Crippen LogP contribution in [0.15, 0.2) is 79.1 Å². The molecule has 0 atom stereocenters. The van der Waals surface area contributed by atoms with Crippen molar-refractivity contribution in [2.24, 2.45) is 0 Å². The highest BCUT2D eigenvalue weighted by Gasteiger charge is 2.12. The topological polar surface area (TPSA) is 120 Å². The van der Waals surface area contributed by atoms with Gasteiger partial charge in [-0.3, -0.25) is 19.9 Å². The number of nitrogens with zero attached hydrogens (tertiary/aromatic N) is 4. The van der Waals surface area contributed by atoms with Crippen LogP contribution in [0.2, 0.25) is 0 Å². The van der Waals surface area contributed by atoms with Gasteiger partial charge in [0.15, 0.2) is 5.82 Å². The van der Waals surface area contributed by atoms with Gasteiger partial charge < -0.3 is 10.1 Å². The van der Waals surface area contributed by atoms with Gasteiger partial charge in [-0.2, -0.15) is 4.98 Å². The minimum absolute atomic E-state index is 0.146. The van der Waals surface area contributed by atoms with E-state index < -0.39 is 10.8 Å². The van der Waals surface area contributed by atoms with Crippen LogP contribution in [0.5, 0.6) is 11.6 Å². The Hall–Kier alpha value is -4.66. The summed E-state index contributed by atoms with van der Waals surface area (Å²) < 4.78 is 5.85. The first kappa shape index (κ1) is 20.6. The van der Waals surface area contributed by atoms with Gasteiger partial charge in [0.1, 0.15) is 5.75 Å². The van der Waals surface area contributed by atoms with Gasteiger partial charge in [-0.1, -0.05) is 6.07 Å². The molecule has 2 aromatic carbocycles. The van der Waals surface area contributed by atoms with Crippen LogP contribution < -0.4 is 10.1 Å². The summed E-state index contributed by atoms with van der Waals surface area (Å²) in [6, 6.07) is 17.6. The molecule has 32 heavy (non-hydrogen) atoms. The van der Waals surface area contributed by atoms with Gasteiger partial charge in [-0.05, 0) is 49.4 Å². The van der Waals surface area contributed by atoms with Gasteiger partial charge in [0.2, 0.25) is 5.88 Å². The molecule has 9 nitrogen and oxygen atoms in total. The monoisotopic (exact) mass is 427 g/mol. The summed E-state index contributed by atoms with van der Waals surface area (Å²) >= 11 is 0. The number of nitro groups is 1. The third-order valence-corrected chi connectivity index (χ3v) is 4.40. The number of carbonyl (C=O) groups is 1. The molecular weight excluding hydrogens is 410 g/mol. The fourth-order valence-electron chi connectivity index (χ4n) is 2.91. The molecule has 4 aromatic rings. The number of nitro benzene ring substituents is 1. The van der Waals surface area contributed by atoms with E-state index in [-0.39, 0.29) is 11.3 Å². The van der Waals surface area contributed by atoms with Crippen LogP contribution in [-0.4, -0.2) is 25.8 Å². The van der Waals surface area contributed by atoms with Crippen molar-refractivity contribution in [1.29, 1.82) is 0 Å². The van der Waals surface area contributed by atoms with Crippen LogP contribution in [0.3, 0.4) is 0 Å². The number of anilines is 1. The molecule has 0 aliphatic rings. The molecular formula is C23H17N5O4. The number of hydrogen-bond donors (Lipinski definition) is 1. The molecule has 158 valence electrons. The smallest absolute Gasteiger partial charge is 0.270 e. The van der Waals surface area contributed by atoms with Crippen molar-refractivity contribution < 1.29 is 14.5 Å². The molecule has 0 saturated heterocycles. The molecule has 9 heteroatoms. The first-order valence-electron chi connectivity index (χ1n) is 9.58. The van der Waals surface area contributed by atoms with Gasteiger partial charge in [0, 0.05) is 53.1 Å². The summed E-state index contributed by atoms with van der Waals surface area (Å²) in [5, 5.41) is 13.6. The molecule has 1 N–H and O–H groups in total. The number of aryl methyl sites for hydroxylation is 1. The zero-order valence-corrected chi connectivity index (χ0v) is 16.9. The van der Waals surface area contributed by atoms with Crippen LogP contribution in [0.25, 0.3) is 11.4 Å². The normalized spacial score (nSPS) is 10.4. The molecule has 0 aliphatic heterocycles. The number of ether oxygens (including phenoxy) is 1. The highest BCUT2D eigenvalue weighted by Crippen LogP contribution is 2.25. The number of nitrogens with one attached hydrogen (secondary N) is 1. The molecule has 1 amide bonds. The standard InChI is InChI=1S/C23H17N5O4/c1-15-12-21(27-22(25-15)17-5-3-11-24-14-17)32-20-9-7-18(8-10-20)26-23(29)16-4-2-6-19(13-16)28(30)31/h2-14H,1H3,(H,26,29). The predicted molar refractivity (Wildman–Crippen MR) is 118 cm³/mol. The van der Waals surface area contributed by atoms with E-state index in [0.717, 1.165) is 11.3 Å². The van der Waals surface area contributed by atoms with Crippen LogP contribution in [0.1, 0.15) is 16.1 Å².